The summed E-state index contributed by atoms with van der Waals surface area (Å²) in [7, 11) is 1.65. The Bertz CT molecular complexity index is 618. The predicted octanol–water partition coefficient (Wildman–Crippen LogP) is 3.82. The molecule has 0 saturated carbocycles. The van der Waals surface area contributed by atoms with E-state index in [2.05, 4.69) is 4.90 Å². The van der Waals surface area contributed by atoms with Crippen LogP contribution in [0.4, 0.5) is 10.1 Å². The smallest absolute Gasteiger partial charge is 0.126 e. The SMILES string of the molecule is COC1C=CC(F)=C(c2ccc(CO)cc2N2CCCCC2)C1. The van der Waals surface area contributed by atoms with Gasteiger partial charge in [-0.2, -0.15) is 0 Å². The molecule has 1 heterocycles. The summed E-state index contributed by atoms with van der Waals surface area (Å²) in [5.74, 6) is -0.187. The lowest BCUT2D eigenvalue weighted by Gasteiger charge is -2.32. The Morgan fingerprint density at radius 3 is 2.74 bits per heavy atom. The molecule has 3 rings (SSSR count). The number of aliphatic hydroxyl groups excluding tert-OH is 1. The highest BCUT2D eigenvalue weighted by atomic mass is 19.1. The molecule has 1 aromatic carbocycles. The molecule has 0 spiro atoms. The number of methoxy groups -OCH3 is 1. The van der Waals surface area contributed by atoms with Crippen molar-refractivity contribution in [3.63, 3.8) is 0 Å². The topological polar surface area (TPSA) is 32.7 Å². The molecule has 1 atom stereocenters. The van der Waals surface area contributed by atoms with E-state index in [0.717, 1.165) is 42.7 Å². The van der Waals surface area contributed by atoms with Crippen molar-refractivity contribution in [1.29, 1.82) is 0 Å². The lowest BCUT2D eigenvalue weighted by molar-refractivity contribution is 0.143. The van der Waals surface area contributed by atoms with Gasteiger partial charge >= 0.3 is 0 Å². The highest BCUT2D eigenvalue weighted by Gasteiger charge is 2.23. The summed E-state index contributed by atoms with van der Waals surface area (Å²) in [6.45, 7) is 1.98. The minimum absolute atomic E-state index is 0.00322. The van der Waals surface area contributed by atoms with E-state index < -0.39 is 0 Å². The van der Waals surface area contributed by atoms with Crippen LogP contribution < -0.4 is 4.90 Å². The zero-order chi connectivity index (χ0) is 16.2. The van der Waals surface area contributed by atoms with Crippen LogP contribution in [-0.2, 0) is 11.3 Å². The van der Waals surface area contributed by atoms with Crippen LogP contribution >= 0.6 is 0 Å². The number of anilines is 1. The molecule has 0 bridgehead atoms. The largest absolute Gasteiger partial charge is 0.392 e. The van der Waals surface area contributed by atoms with Gasteiger partial charge in [0, 0.05) is 43.4 Å². The number of hydrogen-bond donors (Lipinski definition) is 1. The molecule has 1 N–H and O–H groups in total. The molecular weight excluding hydrogens is 293 g/mol. The Morgan fingerprint density at radius 1 is 1.26 bits per heavy atom. The zero-order valence-electron chi connectivity index (χ0n) is 13.6. The van der Waals surface area contributed by atoms with Gasteiger partial charge < -0.3 is 14.7 Å². The Kier molecular flexibility index (Phi) is 5.13. The van der Waals surface area contributed by atoms with Crippen LogP contribution in [0.1, 0.15) is 36.8 Å². The Morgan fingerprint density at radius 2 is 2.04 bits per heavy atom. The number of aliphatic hydroxyl groups is 1. The van der Waals surface area contributed by atoms with Crippen molar-refractivity contribution in [2.24, 2.45) is 0 Å². The summed E-state index contributed by atoms with van der Waals surface area (Å²) in [4.78, 5) is 2.32. The first kappa shape index (κ1) is 16.2. The number of benzene rings is 1. The minimum Gasteiger partial charge on any atom is -0.392 e. The number of allylic oxidation sites excluding steroid dienone is 2. The number of nitrogens with zero attached hydrogens (tertiary/aromatic N) is 1. The van der Waals surface area contributed by atoms with Crippen molar-refractivity contribution in [3.05, 3.63) is 47.3 Å². The maximum atomic E-state index is 14.4. The maximum Gasteiger partial charge on any atom is 0.126 e. The Balaban J connectivity index is 2.02. The highest BCUT2D eigenvalue weighted by Crippen LogP contribution is 2.37. The van der Waals surface area contributed by atoms with Gasteiger partial charge in [0.1, 0.15) is 5.83 Å². The van der Waals surface area contributed by atoms with Gasteiger partial charge in [0.2, 0.25) is 0 Å². The standard InChI is InChI=1S/C19H24FNO2/c1-23-15-6-8-18(20)17(12-15)16-7-5-14(13-22)11-19(16)21-9-3-2-4-10-21/h5-8,11,15,22H,2-4,9-10,12-13H2,1H3. The molecule has 1 saturated heterocycles. The number of halogens is 1. The van der Waals surface area contributed by atoms with Gasteiger partial charge in [0.15, 0.2) is 0 Å². The van der Waals surface area contributed by atoms with Gasteiger partial charge in [0.25, 0.3) is 0 Å². The first-order chi connectivity index (χ1) is 11.2. The molecule has 2 aliphatic rings. The van der Waals surface area contributed by atoms with E-state index in [-0.39, 0.29) is 18.5 Å². The van der Waals surface area contributed by atoms with E-state index in [4.69, 9.17) is 4.74 Å². The Hall–Kier alpha value is -1.65. The van der Waals surface area contributed by atoms with Crippen molar-refractivity contribution in [3.8, 4) is 0 Å². The highest BCUT2D eigenvalue weighted by molar-refractivity contribution is 5.80. The maximum absolute atomic E-state index is 14.4. The van der Waals surface area contributed by atoms with Crippen molar-refractivity contribution in [2.75, 3.05) is 25.1 Å². The minimum atomic E-state index is -0.187. The second kappa shape index (κ2) is 7.28. The van der Waals surface area contributed by atoms with Crippen molar-refractivity contribution < 1.29 is 14.2 Å². The molecule has 0 amide bonds. The molecular formula is C19H24FNO2. The van der Waals surface area contributed by atoms with Crippen LogP contribution in [0.15, 0.2) is 36.2 Å². The van der Waals surface area contributed by atoms with Gasteiger partial charge in [-0.25, -0.2) is 4.39 Å². The van der Waals surface area contributed by atoms with Gasteiger partial charge in [0.05, 0.1) is 12.7 Å². The van der Waals surface area contributed by atoms with Gasteiger partial charge in [-0.3, -0.25) is 0 Å². The molecule has 1 unspecified atom stereocenters. The van der Waals surface area contributed by atoms with Gasteiger partial charge in [-0.05, 0) is 37.0 Å². The Labute approximate surface area is 137 Å². The fraction of sp³-hybridized carbons (Fsp3) is 0.474. The molecule has 3 nitrogen and oxygen atoms in total. The molecule has 1 fully saturated rings. The average Bonchev–Trinajstić information content (AvgIpc) is 2.62. The van der Waals surface area contributed by atoms with Crippen molar-refractivity contribution in [2.45, 2.75) is 38.4 Å². The third-order valence-corrected chi connectivity index (χ3v) is 4.72. The quantitative estimate of drug-likeness (QED) is 0.916. The third kappa shape index (κ3) is 3.48. The van der Waals surface area contributed by atoms with Crippen LogP contribution in [0.3, 0.4) is 0 Å². The summed E-state index contributed by atoms with van der Waals surface area (Å²) in [5, 5.41) is 9.46. The molecule has 124 valence electrons. The number of hydrogen-bond acceptors (Lipinski definition) is 3. The van der Waals surface area contributed by atoms with E-state index in [1.807, 2.05) is 18.2 Å². The summed E-state index contributed by atoms with van der Waals surface area (Å²) < 4.78 is 19.8. The molecule has 1 aromatic rings. The first-order valence-electron chi connectivity index (χ1n) is 8.31. The number of rotatable bonds is 4. The fourth-order valence-corrected chi connectivity index (χ4v) is 3.39. The van der Waals surface area contributed by atoms with Crippen molar-refractivity contribution >= 4 is 11.3 Å². The van der Waals surface area contributed by atoms with Gasteiger partial charge in [-0.15, -0.1) is 0 Å². The molecule has 4 heteroatoms. The molecule has 0 radical (unpaired) electrons. The van der Waals surface area contributed by atoms with E-state index in [0.29, 0.717) is 12.0 Å². The molecule has 23 heavy (non-hydrogen) atoms. The van der Waals surface area contributed by atoms with Gasteiger partial charge in [-0.1, -0.05) is 18.2 Å². The van der Waals surface area contributed by atoms with E-state index in [1.54, 1.807) is 13.2 Å². The lowest BCUT2D eigenvalue weighted by atomic mass is 9.92. The lowest BCUT2D eigenvalue weighted by Crippen LogP contribution is -2.30. The number of piperidine rings is 1. The van der Waals surface area contributed by atoms with Crippen molar-refractivity contribution in [1.82, 2.24) is 0 Å². The summed E-state index contributed by atoms with van der Waals surface area (Å²) in [6, 6.07) is 5.82. The normalized spacial score (nSPS) is 21.9. The first-order valence-corrected chi connectivity index (χ1v) is 8.31. The third-order valence-electron chi connectivity index (χ3n) is 4.72. The van der Waals surface area contributed by atoms with E-state index in [1.165, 1.54) is 12.5 Å². The second-order valence-electron chi connectivity index (χ2n) is 6.22. The fourth-order valence-electron chi connectivity index (χ4n) is 3.39. The van der Waals surface area contributed by atoms with Crippen LogP contribution in [0.5, 0.6) is 0 Å². The summed E-state index contributed by atoms with van der Waals surface area (Å²) in [6.07, 6.45) is 7.29. The second-order valence-corrected chi connectivity index (χ2v) is 6.22. The monoisotopic (exact) mass is 317 g/mol. The van der Waals surface area contributed by atoms with Crippen LogP contribution in [0, 0.1) is 0 Å². The summed E-state index contributed by atoms with van der Waals surface area (Å²) >= 11 is 0. The van der Waals surface area contributed by atoms with Crippen LogP contribution in [0.2, 0.25) is 0 Å². The number of ether oxygens (including phenoxy) is 1. The molecule has 0 aromatic heterocycles. The van der Waals surface area contributed by atoms with Crippen LogP contribution in [0.25, 0.3) is 5.57 Å². The van der Waals surface area contributed by atoms with Crippen LogP contribution in [-0.4, -0.2) is 31.4 Å². The average molecular weight is 317 g/mol. The zero-order valence-corrected chi connectivity index (χ0v) is 13.6. The van der Waals surface area contributed by atoms with E-state index >= 15 is 0 Å². The molecule has 1 aliphatic heterocycles. The van der Waals surface area contributed by atoms with E-state index in [9.17, 15) is 9.50 Å². The summed E-state index contributed by atoms with van der Waals surface area (Å²) in [5.41, 5.74) is 3.52. The predicted molar refractivity (Wildman–Crippen MR) is 91.0 cm³/mol. The molecule has 1 aliphatic carbocycles.